The molecular weight excluding hydrogens is 353 g/mol. The third-order valence-electron chi connectivity index (χ3n) is 5.00. The number of carbonyl (C=O) groups is 1. The van der Waals surface area contributed by atoms with Gasteiger partial charge in [-0.15, -0.1) is 0 Å². The van der Waals surface area contributed by atoms with E-state index in [4.69, 9.17) is 5.73 Å². The zero-order chi connectivity index (χ0) is 19.2. The number of alkyl halides is 3. The van der Waals surface area contributed by atoms with Gasteiger partial charge in [-0.2, -0.15) is 13.2 Å². The first-order valence-electron chi connectivity index (χ1n) is 8.58. The second kappa shape index (κ2) is 6.01. The van der Waals surface area contributed by atoms with Crippen molar-refractivity contribution in [3.63, 3.8) is 0 Å². The number of carbonyl (C=O) groups excluding carboxylic acids is 1. The van der Waals surface area contributed by atoms with Gasteiger partial charge in [0.05, 0.1) is 16.7 Å². The van der Waals surface area contributed by atoms with Gasteiger partial charge >= 0.3 is 6.18 Å². The van der Waals surface area contributed by atoms with E-state index in [0.29, 0.717) is 12.8 Å². The number of hydrogen-bond acceptors (Lipinski definition) is 2. The van der Waals surface area contributed by atoms with E-state index in [9.17, 15) is 18.0 Å². The SMILES string of the molecule is Nc1ccc(C(F)(F)F)c(C(=O)NC2(c3cccc4ccccc34)CC2)c1. The molecule has 1 aliphatic rings. The summed E-state index contributed by atoms with van der Waals surface area (Å²) in [5.74, 6) is -0.764. The second-order valence-corrected chi connectivity index (χ2v) is 6.87. The molecule has 0 atom stereocenters. The van der Waals surface area contributed by atoms with E-state index in [1.807, 2.05) is 42.5 Å². The Bertz CT molecular complexity index is 1030. The van der Waals surface area contributed by atoms with E-state index in [0.717, 1.165) is 34.5 Å². The molecule has 0 unspecified atom stereocenters. The summed E-state index contributed by atoms with van der Waals surface area (Å²) in [5.41, 5.74) is 4.58. The number of amides is 1. The molecule has 3 aromatic carbocycles. The molecule has 6 heteroatoms. The summed E-state index contributed by atoms with van der Waals surface area (Å²) >= 11 is 0. The molecule has 1 fully saturated rings. The Morgan fingerprint density at radius 3 is 2.41 bits per heavy atom. The molecule has 0 aliphatic heterocycles. The monoisotopic (exact) mass is 370 g/mol. The molecule has 3 aromatic rings. The maximum absolute atomic E-state index is 13.3. The average Bonchev–Trinajstić information content (AvgIpc) is 3.40. The Morgan fingerprint density at radius 1 is 1.00 bits per heavy atom. The van der Waals surface area contributed by atoms with Gasteiger partial charge in [-0.1, -0.05) is 42.5 Å². The quantitative estimate of drug-likeness (QED) is 0.647. The molecule has 0 radical (unpaired) electrons. The molecule has 3 nitrogen and oxygen atoms in total. The molecule has 3 N–H and O–H groups in total. The molecule has 138 valence electrons. The minimum Gasteiger partial charge on any atom is -0.399 e. The summed E-state index contributed by atoms with van der Waals surface area (Å²) in [5, 5.41) is 4.85. The third kappa shape index (κ3) is 3.12. The maximum Gasteiger partial charge on any atom is 0.417 e. The zero-order valence-corrected chi connectivity index (χ0v) is 14.3. The lowest BCUT2D eigenvalue weighted by Crippen LogP contribution is -2.36. The largest absolute Gasteiger partial charge is 0.417 e. The van der Waals surface area contributed by atoms with Crippen LogP contribution in [0.3, 0.4) is 0 Å². The maximum atomic E-state index is 13.3. The molecule has 27 heavy (non-hydrogen) atoms. The van der Waals surface area contributed by atoms with Crippen molar-refractivity contribution in [1.82, 2.24) is 5.32 Å². The van der Waals surface area contributed by atoms with Crippen LogP contribution in [0.15, 0.2) is 60.7 Å². The number of benzene rings is 3. The Labute approximate surface area is 154 Å². The molecular formula is C21H17F3N2O. The van der Waals surface area contributed by atoms with Crippen LogP contribution in [0.2, 0.25) is 0 Å². The molecule has 0 saturated heterocycles. The highest BCUT2D eigenvalue weighted by Crippen LogP contribution is 2.48. The summed E-state index contributed by atoms with van der Waals surface area (Å²) in [6.07, 6.45) is -3.27. The van der Waals surface area contributed by atoms with Crippen LogP contribution in [0.25, 0.3) is 10.8 Å². The Balaban J connectivity index is 1.73. The predicted octanol–water partition coefficient (Wildman–Crippen LogP) is 4.86. The molecule has 0 bridgehead atoms. The summed E-state index contributed by atoms with van der Waals surface area (Å²) in [6.45, 7) is 0. The zero-order valence-electron chi connectivity index (χ0n) is 14.3. The highest BCUT2D eigenvalue weighted by atomic mass is 19.4. The predicted molar refractivity (Wildman–Crippen MR) is 98.2 cm³/mol. The fourth-order valence-electron chi connectivity index (χ4n) is 3.51. The fraction of sp³-hybridized carbons (Fsp3) is 0.190. The van der Waals surface area contributed by atoms with Gasteiger partial charge in [0.15, 0.2) is 0 Å². The van der Waals surface area contributed by atoms with E-state index < -0.39 is 28.7 Å². The first kappa shape index (κ1) is 17.4. The number of hydrogen-bond donors (Lipinski definition) is 2. The van der Waals surface area contributed by atoms with Gasteiger partial charge in [-0.3, -0.25) is 4.79 Å². The fourth-order valence-corrected chi connectivity index (χ4v) is 3.51. The summed E-state index contributed by atoms with van der Waals surface area (Å²) in [4.78, 5) is 12.8. The lowest BCUT2D eigenvalue weighted by molar-refractivity contribution is -0.137. The van der Waals surface area contributed by atoms with Crippen LogP contribution in [0.4, 0.5) is 18.9 Å². The van der Waals surface area contributed by atoms with E-state index in [1.54, 1.807) is 0 Å². The first-order chi connectivity index (χ1) is 12.8. The van der Waals surface area contributed by atoms with Crippen molar-refractivity contribution in [1.29, 1.82) is 0 Å². The van der Waals surface area contributed by atoms with Crippen LogP contribution in [0, 0.1) is 0 Å². The number of rotatable bonds is 3. The van der Waals surface area contributed by atoms with Crippen molar-refractivity contribution in [2.45, 2.75) is 24.6 Å². The Kier molecular flexibility index (Phi) is 3.87. The minimum atomic E-state index is -4.63. The van der Waals surface area contributed by atoms with Crippen LogP contribution in [0.1, 0.15) is 34.3 Å². The van der Waals surface area contributed by atoms with Crippen LogP contribution < -0.4 is 11.1 Å². The number of fused-ring (bicyclic) bond motifs is 1. The first-order valence-corrected chi connectivity index (χ1v) is 8.58. The van der Waals surface area contributed by atoms with E-state index >= 15 is 0 Å². The second-order valence-electron chi connectivity index (χ2n) is 6.87. The summed E-state index contributed by atoms with van der Waals surface area (Å²) in [6, 6.07) is 16.6. The number of nitrogens with one attached hydrogen (secondary N) is 1. The number of nitrogen functional groups attached to an aromatic ring is 1. The Morgan fingerprint density at radius 2 is 1.70 bits per heavy atom. The van der Waals surface area contributed by atoms with Crippen LogP contribution >= 0.6 is 0 Å². The molecule has 0 spiro atoms. The summed E-state index contributed by atoms with van der Waals surface area (Å²) < 4.78 is 39.9. The van der Waals surface area contributed by atoms with Gasteiger partial charge in [-0.05, 0) is 47.4 Å². The molecule has 4 rings (SSSR count). The molecule has 0 aromatic heterocycles. The van der Waals surface area contributed by atoms with Crippen LogP contribution in [-0.4, -0.2) is 5.91 Å². The topological polar surface area (TPSA) is 55.1 Å². The van der Waals surface area contributed by atoms with E-state index in [1.165, 1.54) is 0 Å². The Hall–Kier alpha value is -3.02. The van der Waals surface area contributed by atoms with Gasteiger partial charge < -0.3 is 11.1 Å². The van der Waals surface area contributed by atoms with Crippen molar-refractivity contribution in [2.24, 2.45) is 0 Å². The molecule has 1 saturated carbocycles. The lowest BCUT2D eigenvalue weighted by atomic mass is 9.96. The minimum absolute atomic E-state index is 0.114. The highest BCUT2D eigenvalue weighted by Gasteiger charge is 2.47. The van der Waals surface area contributed by atoms with Crippen molar-refractivity contribution >= 4 is 22.4 Å². The average molecular weight is 370 g/mol. The number of anilines is 1. The van der Waals surface area contributed by atoms with Crippen molar-refractivity contribution in [3.8, 4) is 0 Å². The van der Waals surface area contributed by atoms with Crippen molar-refractivity contribution in [2.75, 3.05) is 5.73 Å². The molecule has 1 amide bonds. The third-order valence-corrected chi connectivity index (χ3v) is 5.00. The van der Waals surface area contributed by atoms with Crippen molar-refractivity contribution < 1.29 is 18.0 Å². The summed E-state index contributed by atoms with van der Waals surface area (Å²) in [7, 11) is 0. The number of nitrogens with two attached hydrogens (primary N) is 1. The van der Waals surface area contributed by atoms with Crippen LogP contribution in [0.5, 0.6) is 0 Å². The highest BCUT2D eigenvalue weighted by molar-refractivity contribution is 5.98. The molecule has 0 heterocycles. The lowest BCUT2D eigenvalue weighted by Gasteiger charge is -2.21. The normalized spacial score (nSPS) is 15.5. The van der Waals surface area contributed by atoms with E-state index in [-0.39, 0.29) is 5.69 Å². The standard InChI is InChI=1S/C21H17F3N2O/c22-21(23,24)18-9-8-14(25)12-16(18)19(27)26-20(10-11-20)17-7-3-5-13-4-1-2-6-15(13)17/h1-9,12H,10-11,25H2,(H,26,27). The van der Waals surface area contributed by atoms with E-state index in [2.05, 4.69) is 5.32 Å². The van der Waals surface area contributed by atoms with Gasteiger partial charge in [0.1, 0.15) is 0 Å². The number of halogens is 3. The van der Waals surface area contributed by atoms with Gasteiger partial charge in [0, 0.05) is 5.69 Å². The van der Waals surface area contributed by atoms with Gasteiger partial charge in [-0.25, -0.2) is 0 Å². The smallest absolute Gasteiger partial charge is 0.399 e. The molecule has 1 aliphatic carbocycles. The van der Waals surface area contributed by atoms with Gasteiger partial charge in [0.25, 0.3) is 5.91 Å². The van der Waals surface area contributed by atoms with Gasteiger partial charge in [0.2, 0.25) is 0 Å². The van der Waals surface area contributed by atoms with Crippen LogP contribution in [-0.2, 0) is 11.7 Å². The van der Waals surface area contributed by atoms with Crippen molar-refractivity contribution in [3.05, 3.63) is 77.4 Å².